The van der Waals surface area contributed by atoms with Crippen LogP contribution in [0.2, 0.25) is 0 Å². The number of amides is 1. The van der Waals surface area contributed by atoms with Crippen LogP contribution in [0.25, 0.3) is 0 Å². The van der Waals surface area contributed by atoms with Crippen molar-refractivity contribution >= 4 is 21.8 Å². The molecule has 1 aliphatic heterocycles. The van der Waals surface area contributed by atoms with E-state index in [9.17, 15) is 4.79 Å². The van der Waals surface area contributed by atoms with E-state index in [-0.39, 0.29) is 5.91 Å². The van der Waals surface area contributed by atoms with Crippen molar-refractivity contribution in [1.29, 1.82) is 0 Å². The van der Waals surface area contributed by atoms with Gasteiger partial charge in [-0.05, 0) is 59.5 Å². The number of benzene rings is 2. The lowest BCUT2D eigenvalue weighted by atomic mass is 10.1. The molecule has 3 rings (SSSR count). The van der Waals surface area contributed by atoms with Crippen molar-refractivity contribution in [3.8, 4) is 5.75 Å². The van der Waals surface area contributed by atoms with Crippen molar-refractivity contribution in [2.45, 2.75) is 32.4 Å². The molecule has 2 aromatic rings. The number of hydrogen-bond donors (Lipinski definition) is 0. The molecular weight excluding hydrogens is 354 g/mol. The highest BCUT2D eigenvalue weighted by molar-refractivity contribution is 9.10. The summed E-state index contributed by atoms with van der Waals surface area (Å²) in [5, 5.41) is 0. The first-order valence-electron chi connectivity index (χ1n) is 7.92. The molecule has 3 nitrogen and oxygen atoms in total. The Hall–Kier alpha value is -1.81. The van der Waals surface area contributed by atoms with Crippen LogP contribution in [0.3, 0.4) is 0 Å². The van der Waals surface area contributed by atoms with E-state index in [1.54, 1.807) is 0 Å². The van der Waals surface area contributed by atoms with Crippen molar-refractivity contribution in [2.24, 2.45) is 0 Å². The largest absolute Gasteiger partial charge is 0.489 e. The first kappa shape index (κ1) is 16.1. The molecule has 0 bridgehead atoms. The molecule has 0 radical (unpaired) electrons. The normalized spacial score (nSPS) is 17.3. The molecule has 0 spiro atoms. The molecule has 0 aromatic heterocycles. The van der Waals surface area contributed by atoms with E-state index < -0.39 is 0 Å². The zero-order valence-corrected chi connectivity index (χ0v) is 14.8. The van der Waals surface area contributed by atoms with E-state index in [0.29, 0.717) is 18.2 Å². The molecule has 1 aliphatic rings. The summed E-state index contributed by atoms with van der Waals surface area (Å²) in [5.41, 5.74) is 1.82. The Morgan fingerprint density at radius 1 is 1.26 bits per heavy atom. The highest BCUT2D eigenvalue weighted by Gasteiger charge is 2.27. The molecule has 1 heterocycles. The molecule has 1 atom stereocenters. The number of likely N-dealkylation sites (tertiary alicyclic amines) is 1. The molecule has 1 fully saturated rings. The lowest BCUT2D eigenvalue weighted by Crippen LogP contribution is -2.33. The van der Waals surface area contributed by atoms with Crippen LogP contribution in [0.1, 0.15) is 35.7 Å². The van der Waals surface area contributed by atoms with Crippen LogP contribution < -0.4 is 4.74 Å². The molecule has 2 aromatic carbocycles. The van der Waals surface area contributed by atoms with Gasteiger partial charge in [-0.3, -0.25) is 4.79 Å². The summed E-state index contributed by atoms with van der Waals surface area (Å²) in [6.45, 7) is 3.47. The fourth-order valence-electron chi connectivity index (χ4n) is 2.89. The monoisotopic (exact) mass is 373 g/mol. The van der Waals surface area contributed by atoms with Crippen LogP contribution in [-0.4, -0.2) is 23.4 Å². The zero-order chi connectivity index (χ0) is 16.2. The molecule has 0 aliphatic carbocycles. The summed E-state index contributed by atoms with van der Waals surface area (Å²) in [5.74, 6) is 0.850. The Bertz CT molecular complexity index is 687. The van der Waals surface area contributed by atoms with Gasteiger partial charge in [0.15, 0.2) is 0 Å². The predicted molar refractivity (Wildman–Crippen MR) is 94.6 cm³/mol. The van der Waals surface area contributed by atoms with Gasteiger partial charge in [-0.1, -0.05) is 30.3 Å². The Kier molecular flexibility index (Phi) is 5.01. The minimum atomic E-state index is 0.0940. The number of carbonyl (C=O) groups is 1. The summed E-state index contributed by atoms with van der Waals surface area (Å²) in [6, 6.07) is 15.9. The van der Waals surface area contributed by atoms with E-state index in [0.717, 1.165) is 35.2 Å². The SMILES string of the molecule is C[C@H]1CCCN1C(=O)c1ccc(OCc2ccccc2)cc1Br. The topological polar surface area (TPSA) is 29.5 Å². The Morgan fingerprint density at radius 2 is 2.04 bits per heavy atom. The van der Waals surface area contributed by atoms with Gasteiger partial charge in [0.25, 0.3) is 5.91 Å². The summed E-state index contributed by atoms with van der Waals surface area (Å²) >= 11 is 3.51. The second-order valence-corrected chi connectivity index (χ2v) is 6.76. The van der Waals surface area contributed by atoms with E-state index in [1.807, 2.05) is 53.4 Å². The minimum Gasteiger partial charge on any atom is -0.489 e. The maximum absolute atomic E-state index is 12.6. The third-order valence-electron chi connectivity index (χ3n) is 4.23. The molecule has 120 valence electrons. The smallest absolute Gasteiger partial charge is 0.255 e. The van der Waals surface area contributed by atoms with E-state index in [2.05, 4.69) is 22.9 Å². The van der Waals surface area contributed by atoms with Crippen LogP contribution >= 0.6 is 15.9 Å². The second-order valence-electron chi connectivity index (χ2n) is 5.91. The summed E-state index contributed by atoms with van der Waals surface area (Å²) < 4.78 is 6.58. The van der Waals surface area contributed by atoms with Crippen molar-refractivity contribution in [3.05, 3.63) is 64.1 Å². The molecule has 0 unspecified atom stereocenters. The first-order chi connectivity index (χ1) is 11.1. The van der Waals surface area contributed by atoms with E-state index in [4.69, 9.17) is 4.74 Å². The number of carbonyl (C=O) groups excluding carboxylic acids is 1. The molecule has 23 heavy (non-hydrogen) atoms. The number of halogens is 1. The molecule has 0 N–H and O–H groups in total. The Labute approximate surface area is 145 Å². The highest BCUT2D eigenvalue weighted by Crippen LogP contribution is 2.27. The van der Waals surface area contributed by atoms with Gasteiger partial charge in [-0.15, -0.1) is 0 Å². The highest BCUT2D eigenvalue weighted by atomic mass is 79.9. The molecule has 1 amide bonds. The Morgan fingerprint density at radius 3 is 2.70 bits per heavy atom. The standard InChI is InChI=1S/C19H20BrNO2/c1-14-6-5-11-21(14)19(22)17-10-9-16(12-18(17)20)23-13-15-7-3-2-4-8-15/h2-4,7-10,12,14H,5-6,11,13H2,1H3/t14-/m0/s1. The van der Waals surface area contributed by atoms with Gasteiger partial charge >= 0.3 is 0 Å². The predicted octanol–water partition coefficient (Wildman–Crippen LogP) is 4.65. The third-order valence-corrected chi connectivity index (χ3v) is 4.89. The van der Waals surface area contributed by atoms with Crippen LogP contribution in [0, 0.1) is 0 Å². The molecule has 4 heteroatoms. The minimum absolute atomic E-state index is 0.0940. The van der Waals surface area contributed by atoms with Gasteiger partial charge in [-0.2, -0.15) is 0 Å². The molecule has 0 saturated carbocycles. The summed E-state index contributed by atoms with van der Waals surface area (Å²) in [6.07, 6.45) is 2.17. The zero-order valence-electron chi connectivity index (χ0n) is 13.2. The van der Waals surface area contributed by atoms with Crippen molar-refractivity contribution in [1.82, 2.24) is 4.90 Å². The lowest BCUT2D eigenvalue weighted by Gasteiger charge is -2.22. The average molecular weight is 374 g/mol. The quantitative estimate of drug-likeness (QED) is 0.780. The van der Waals surface area contributed by atoms with Crippen LogP contribution in [-0.2, 0) is 6.61 Å². The van der Waals surface area contributed by atoms with Gasteiger partial charge in [0.1, 0.15) is 12.4 Å². The van der Waals surface area contributed by atoms with Crippen LogP contribution in [0.5, 0.6) is 5.75 Å². The van der Waals surface area contributed by atoms with Gasteiger partial charge in [-0.25, -0.2) is 0 Å². The maximum Gasteiger partial charge on any atom is 0.255 e. The maximum atomic E-state index is 12.6. The third kappa shape index (κ3) is 3.75. The van der Waals surface area contributed by atoms with Crippen molar-refractivity contribution in [3.63, 3.8) is 0 Å². The average Bonchev–Trinajstić information content (AvgIpc) is 2.99. The number of rotatable bonds is 4. The fraction of sp³-hybridized carbons (Fsp3) is 0.316. The summed E-state index contributed by atoms with van der Waals surface area (Å²) in [7, 11) is 0. The van der Waals surface area contributed by atoms with Gasteiger partial charge in [0, 0.05) is 17.1 Å². The molecule has 1 saturated heterocycles. The van der Waals surface area contributed by atoms with Crippen LogP contribution in [0.15, 0.2) is 53.0 Å². The number of ether oxygens (including phenoxy) is 1. The van der Waals surface area contributed by atoms with Gasteiger partial charge < -0.3 is 9.64 Å². The summed E-state index contributed by atoms with van der Waals surface area (Å²) in [4.78, 5) is 14.6. The number of hydrogen-bond acceptors (Lipinski definition) is 2. The van der Waals surface area contributed by atoms with Crippen LogP contribution in [0.4, 0.5) is 0 Å². The second kappa shape index (κ2) is 7.18. The van der Waals surface area contributed by atoms with Crippen molar-refractivity contribution in [2.75, 3.05) is 6.54 Å². The van der Waals surface area contributed by atoms with Crippen molar-refractivity contribution < 1.29 is 9.53 Å². The first-order valence-corrected chi connectivity index (χ1v) is 8.71. The number of nitrogens with zero attached hydrogens (tertiary/aromatic N) is 1. The molecular formula is C19H20BrNO2. The Balaban J connectivity index is 1.69. The van der Waals surface area contributed by atoms with Gasteiger partial charge in [0.05, 0.1) is 5.56 Å². The fourth-order valence-corrected chi connectivity index (χ4v) is 3.42. The van der Waals surface area contributed by atoms with E-state index in [1.165, 1.54) is 0 Å². The van der Waals surface area contributed by atoms with Gasteiger partial charge in [0.2, 0.25) is 0 Å². The lowest BCUT2D eigenvalue weighted by molar-refractivity contribution is 0.0746. The van der Waals surface area contributed by atoms with E-state index >= 15 is 0 Å².